The van der Waals surface area contributed by atoms with Gasteiger partial charge in [-0.2, -0.15) is 0 Å². The summed E-state index contributed by atoms with van der Waals surface area (Å²) in [5.74, 6) is -3.37. The van der Waals surface area contributed by atoms with Crippen molar-refractivity contribution in [3.05, 3.63) is 29.8 Å². The number of alkyl halides is 2. The van der Waals surface area contributed by atoms with E-state index in [9.17, 15) is 22.0 Å². The number of sulfonamides is 1. The van der Waals surface area contributed by atoms with Crippen LogP contribution in [0.15, 0.2) is 29.2 Å². The Balaban J connectivity index is 2.01. The summed E-state index contributed by atoms with van der Waals surface area (Å²) in [6.07, 6.45) is -0.523. The van der Waals surface area contributed by atoms with Gasteiger partial charge < -0.3 is 5.32 Å². The van der Waals surface area contributed by atoms with Gasteiger partial charge in [0.05, 0.1) is 23.5 Å². The van der Waals surface area contributed by atoms with E-state index in [-0.39, 0.29) is 4.90 Å². The number of hydrogen-bond donors (Lipinski definition) is 3. The van der Waals surface area contributed by atoms with Crippen molar-refractivity contribution in [2.24, 2.45) is 0 Å². The van der Waals surface area contributed by atoms with Crippen molar-refractivity contribution < 1.29 is 22.0 Å². The molecule has 1 aromatic rings. The van der Waals surface area contributed by atoms with Crippen LogP contribution in [0.4, 0.5) is 8.78 Å². The van der Waals surface area contributed by atoms with Gasteiger partial charge in [-0.3, -0.25) is 10.1 Å². The zero-order valence-corrected chi connectivity index (χ0v) is 13.6. The van der Waals surface area contributed by atoms with Crippen LogP contribution in [0, 0.1) is 0 Å². The lowest BCUT2D eigenvalue weighted by molar-refractivity contribution is -0.124. The SMILES string of the molecule is CNS(=O)(=O)c1ccc(C(C)NC(=O)C2CC(F)(F)CN2)cc1. The summed E-state index contributed by atoms with van der Waals surface area (Å²) in [6, 6.07) is 4.65. The fourth-order valence-electron chi connectivity index (χ4n) is 2.35. The molecule has 1 aromatic carbocycles. The molecule has 1 aliphatic heterocycles. The fraction of sp³-hybridized carbons (Fsp3) is 0.500. The molecule has 6 nitrogen and oxygen atoms in total. The van der Waals surface area contributed by atoms with Gasteiger partial charge in [0.1, 0.15) is 0 Å². The van der Waals surface area contributed by atoms with Crippen LogP contribution in [0.1, 0.15) is 24.9 Å². The molecule has 0 bridgehead atoms. The van der Waals surface area contributed by atoms with Gasteiger partial charge in [0.2, 0.25) is 15.9 Å². The van der Waals surface area contributed by atoms with E-state index in [2.05, 4.69) is 15.4 Å². The number of hydrogen-bond acceptors (Lipinski definition) is 4. The summed E-state index contributed by atoms with van der Waals surface area (Å²) in [5, 5.41) is 5.14. The molecule has 1 amide bonds. The minimum atomic E-state index is -3.52. The monoisotopic (exact) mass is 347 g/mol. The Bertz CT molecular complexity index is 677. The molecule has 1 aliphatic rings. The van der Waals surface area contributed by atoms with E-state index in [1.54, 1.807) is 19.1 Å². The van der Waals surface area contributed by atoms with Crippen molar-refractivity contribution >= 4 is 15.9 Å². The van der Waals surface area contributed by atoms with Crippen LogP contribution >= 0.6 is 0 Å². The third-order valence-corrected chi connectivity index (χ3v) is 5.17. The highest BCUT2D eigenvalue weighted by atomic mass is 32.2. The molecule has 23 heavy (non-hydrogen) atoms. The second-order valence-corrected chi connectivity index (χ2v) is 7.39. The molecule has 0 saturated carbocycles. The first-order valence-electron chi connectivity index (χ1n) is 7.10. The second kappa shape index (κ2) is 6.50. The van der Waals surface area contributed by atoms with Gasteiger partial charge in [0.15, 0.2) is 0 Å². The predicted molar refractivity (Wildman–Crippen MR) is 80.6 cm³/mol. The van der Waals surface area contributed by atoms with Crippen molar-refractivity contribution in [1.29, 1.82) is 0 Å². The largest absolute Gasteiger partial charge is 0.348 e. The van der Waals surface area contributed by atoms with Gasteiger partial charge in [-0.1, -0.05) is 12.1 Å². The highest BCUT2D eigenvalue weighted by molar-refractivity contribution is 7.89. The number of benzene rings is 1. The van der Waals surface area contributed by atoms with Crippen LogP contribution in [-0.2, 0) is 14.8 Å². The van der Waals surface area contributed by atoms with Gasteiger partial charge in [-0.15, -0.1) is 0 Å². The van der Waals surface area contributed by atoms with Crippen LogP contribution in [0.25, 0.3) is 0 Å². The van der Waals surface area contributed by atoms with E-state index >= 15 is 0 Å². The van der Waals surface area contributed by atoms with Gasteiger partial charge >= 0.3 is 0 Å². The number of amides is 1. The molecule has 1 heterocycles. The standard InChI is InChI=1S/C14H19F2N3O3S/c1-9(19-13(20)12-7-14(15,16)8-18-12)10-3-5-11(6-4-10)23(21,22)17-2/h3-6,9,12,17-18H,7-8H2,1-2H3,(H,19,20). The maximum Gasteiger partial charge on any atom is 0.262 e. The lowest BCUT2D eigenvalue weighted by Gasteiger charge is -2.18. The highest BCUT2D eigenvalue weighted by Gasteiger charge is 2.42. The molecule has 9 heteroatoms. The molecule has 1 fully saturated rings. The van der Waals surface area contributed by atoms with Crippen molar-refractivity contribution in [2.75, 3.05) is 13.6 Å². The Labute approximate surface area is 133 Å². The van der Waals surface area contributed by atoms with Crippen molar-refractivity contribution in [1.82, 2.24) is 15.4 Å². The first-order valence-corrected chi connectivity index (χ1v) is 8.58. The molecule has 0 radical (unpaired) electrons. The molecule has 1 saturated heterocycles. The minimum Gasteiger partial charge on any atom is -0.348 e. The topological polar surface area (TPSA) is 87.3 Å². The number of halogens is 2. The first-order chi connectivity index (χ1) is 10.6. The summed E-state index contributed by atoms with van der Waals surface area (Å²) < 4.78 is 51.7. The van der Waals surface area contributed by atoms with E-state index in [1.807, 2.05) is 0 Å². The summed E-state index contributed by atoms with van der Waals surface area (Å²) >= 11 is 0. The van der Waals surface area contributed by atoms with E-state index in [0.29, 0.717) is 5.56 Å². The fourth-order valence-corrected chi connectivity index (χ4v) is 3.08. The molecule has 128 valence electrons. The number of rotatable bonds is 5. The number of carbonyl (C=O) groups is 1. The third-order valence-electron chi connectivity index (χ3n) is 3.74. The molecule has 0 aliphatic carbocycles. The molecule has 2 atom stereocenters. The Morgan fingerprint density at radius 3 is 2.43 bits per heavy atom. The normalized spacial score (nSPS) is 21.8. The zero-order chi connectivity index (χ0) is 17.3. The van der Waals surface area contributed by atoms with Crippen LogP contribution in [0.5, 0.6) is 0 Å². The van der Waals surface area contributed by atoms with E-state index in [4.69, 9.17) is 0 Å². The van der Waals surface area contributed by atoms with E-state index in [0.717, 1.165) is 0 Å². The minimum absolute atomic E-state index is 0.111. The molecular formula is C14H19F2N3O3S. The van der Waals surface area contributed by atoms with Crippen molar-refractivity contribution in [3.8, 4) is 0 Å². The Hall–Kier alpha value is -1.58. The van der Waals surface area contributed by atoms with Gasteiger partial charge in [0.25, 0.3) is 5.92 Å². The van der Waals surface area contributed by atoms with Crippen molar-refractivity contribution in [2.45, 2.75) is 36.2 Å². The molecule has 2 rings (SSSR count). The van der Waals surface area contributed by atoms with Gasteiger partial charge in [0, 0.05) is 6.42 Å². The lowest BCUT2D eigenvalue weighted by atomic mass is 10.1. The Morgan fingerprint density at radius 1 is 1.35 bits per heavy atom. The molecule has 2 unspecified atom stereocenters. The molecular weight excluding hydrogens is 328 g/mol. The lowest BCUT2D eigenvalue weighted by Crippen LogP contribution is -2.41. The average Bonchev–Trinajstić information content (AvgIpc) is 2.87. The second-order valence-electron chi connectivity index (χ2n) is 5.50. The number of nitrogens with one attached hydrogen (secondary N) is 3. The molecule has 0 spiro atoms. The van der Waals surface area contributed by atoms with Crippen LogP contribution in [-0.4, -0.2) is 39.9 Å². The van der Waals surface area contributed by atoms with Gasteiger partial charge in [-0.25, -0.2) is 21.9 Å². The maximum atomic E-state index is 13.1. The van der Waals surface area contributed by atoms with Crippen LogP contribution < -0.4 is 15.4 Å². The zero-order valence-electron chi connectivity index (χ0n) is 12.8. The first kappa shape index (κ1) is 17.8. The summed E-state index contributed by atoms with van der Waals surface area (Å²) in [5.41, 5.74) is 0.679. The summed E-state index contributed by atoms with van der Waals surface area (Å²) in [7, 11) is -2.20. The highest BCUT2D eigenvalue weighted by Crippen LogP contribution is 2.25. The summed E-state index contributed by atoms with van der Waals surface area (Å²) in [4.78, 5) is 12.1. The van der Waals surface area contributed by atoms with Crippen LogP contribution in [0.3, 0.4) is 0 Å². The van der Waals surface area contributed by atoms with Gasteiger partial charge in [-0.05, 0) is 31.7 Å². The molecule has 0 aromatic heterocycles. The maximum absolute atomic E-state index is 13.1. The third kappa shape index (κ3) is 4.24. The predicted octanol–water partition coefficient (Wildman–Crippen LogP) is 0.769. The molecule has 3 N–H and O–H groups in total. The smallest absolute Gasteiger partial charge is 0.262 e. The van der Waals surface area contributed by atoms with Crippen molar-refractivity contribution in [3.63, 3.8) is 0 Å². The van der Waals surface area contributed by atoms with E-state index < -0.39 is 46.9 Å². The Morgan fingerprint density at radius 2 is 1.96 bits per heavy atom. The average molecular weight is 347 g/mol. The van der Waals surface area contributed by atoms with E-state index in [1.165, 1.54) is 19.2 Å². The van der Waals surface area contributed by atoms with Crippen LogP contribution in [0.2, 0.25) is 0 Å². The number of carbonyl (C=O) groups excluding carboxylic acids is 1. The quantitative estimate of drug-likeness (QED) is 0.734. The Kier molecular flexibility index (Phi) is 5.02. The summed E-state index contributed by atoms with van der Waals surface area (Å²) in [6.45, 7) is 1.20.